The molecule has 0 heterocycles. The number of ether oxygens (including phenoxy) is 2. The van der Waals surface area contributed by atoms with Crippen LogP contribution in [0.5, 0.6) is 11.5 Å². The lowest BCUT2D eigenvalue weighted by Crippen LogP contribution is -2.13. The van der Waals surface area contributed by atoms with Crippen molar-refractivity contribution < 1.29 is 14.3 Å². The number of carbonyl (C=O) groups excluding carboxylic acids is 1. The summed E-state index contributed by atoms with van der Waals surface area (Å²) in [5, 5.41) is 2.87. The molecule has 0 unspecified atom stereocenters. The number of hydrogen-bond acceptors (Lipinski definition) is 3. The molecule has 4 nitrogen and oxygen atoms in total. The summed E-state index contributed by atoms with van der Waals surface area (Å²) in [4.78, 5) is 12.0. The van der Waals surface area contributed by atoms with E-state index in [1.54, 1.807) is 7.11 Å². The van der Waals surface area contributed by atoms with Gasteiger partial charge in [-0.3, -0.25) is 4.79 Å². The van der Waals surface area contributed by atoms with Crippen LogP contribution in [0.3, 0.4) is 0 Å². The summed E-state index contributed by atoms with van der Waals surface area (Å²) >= 11 is 0. The molecule has 0 radical (unpaired) electrons. The summed E-state index contributed by atoms with van der Waals surface area (Å²) < 4.78 is 10.6. The summed E-state index contributed by atoms with van der Waals surface area (Å²) in [6.07, 6.45) is 1.11. The van der Waals surface area contributed by atoms with Gasteiger partial charge in [-0.15, -0.1) is 0 Å². The highest BCUT2D eigenvalue weighted by molar-refractivity contribution is 5.92. The second-order valence-electron chi connectivity index (χ2n) is 4.83. The maximum Gasteiger partial charge on any atom is 0.224 e. The zero-order valence-electron chi connectivity index (χ0n) is 13.0. The fourth-order valence-corrected chi connectivity index (χ4v) is 2.14. The Kier molecular flexibility index (Phi) is 5.83. The molecule has 4 heteroatoms. The molecule has 0 saturated carbocycles. The van der Waals surface area contributed by atoms with E-state index in [1.165, 1.54) is 0 Å². The molecule has 116 valence electrons. The lowest BCUT2D eigenvalue weighted by molar-refractivity contribution is -0.116. The van der Waals surface area contributed by atoms with Crippen LogP contribution >= 0.6 is 0 Å². The van der Waals surface area contributed by atoms with Gasteiger partial charge in [-0.05, 0) is 43.2 Å². The first-order chi connectivity index (χ1) is 10.7. The molecule has 0 saturated heterocycles. The van der Waals surface area contributed by atoms with Gasteiger partial charge in [0.15, 0.2) is 0 Å². The van der Waals surface area contributed by atoms with Gasteiger partial charge in [0.1, 0.15) is 11.5 Å². The van der Waals surface area contributed by atoms with Crippen LogP contribution in [-0.4, -0.2) is 19.6 Å². The third kappa shape index (κ3) is 4.52. The molecule has 0 spiro atoms. The maximum atomic E-state index is 12.0. The molecule has 0 fully saturated rings. The third-order valence-corrected chi connectivity index (χ3v) is 3.26. The van der Waals surface area contributed by atoms with Gasteiger partial charge < -0.3 is 14.8 Å². The Hall–Kier alpha value is -2.49. The molecule has 0 aliphatic carbocycles. The first kappa shape index (κ1) is 15.9. The Labute approximate surface area is 131 Å². The van der Waals surface area contributed by atoms with Crippen LogP contribution in [0.2, 0.25) is 0 Å². The van der Waals surface area contributed by atoms with Crippen molar-refractivity contribution in [3.63, 3.8) is 0 Å². The number of carbonyl (C=O) groups is 1. The number of amides is 1. The summed E-state index contributed by atoms with van der Waals surface area (Å²) in [6, 6.07) is 15.2. The number of hydrogen-bond donors (Lipinski definition) is 1. The topological polar surface area (TPSA) is 47.6 Å². The smallest absolute Gasteiger partial charge is 0.224 e. The average molecular weight is 299 g/mol. The number of rotatable bonds is 7. The van der Waals surface area contributed by atoms with Crippen molar-refractivity contribution >= 4 is 11.6 Å². The van der Waals surface area contributed by atoms with Gasteiger partial charge in [0, 0.05) is 6.42 Å². The zero-order valence-corrected chi connectivity index (χ0v) is 13.0. The van der Waals surface area contributed by atoms with Crippen molar-refractivity contribution in [2.45, 2.75) is 19.8 Å². The molecule has 0 aromatic heterocycles. The van der Waals surface area contributed by atoms with Crippen molar-refractivity contribution in [1.29, 1.82) is 0 Å². The van der Waals surface area contributed by atoms with Gasteiger partial charge in [0.05, 0.1) is 19.4 Å². The van der Waals surface area contributed by atoms with E-state index in [1.807, 2.05) is 55.5 Å². The minimum absolute atomic E-state index is 0.0293. The van der Waals surface area contributed by atoms with Crippen molar-refractivity contribution in [2.24, 2.45) is 0 Å². The summed E-state index contributed by atoms with van der Waals surface area (Å²) in [5.74, 6) is 1.49. The minimum atomic E-state index is -0.0293. The lowest BCUT2D eigenvalue weighted by Gasteiger charge is -2.10. The van der Waals surface area contributed by atoms with Crippen LogP contribution in [0.4, 0.5) is 5.69 Å². The number of nitrogens with one attached hydrogen (secondary N) is 1. The zero-order chi connectivity index (χ0) is 15.8. The van der Waals surface area contributed by atoms with Crippen molar-refractivity contribution in [2.75, 3.05) is 19.0 Å². The number of anilines is 1. The first-order valence-corrected chi connectivity index (χ1v) is 7.37. The van der Waals surface area contributed by atoms with Gasteiger partial charge in [0.2, 0.25) is 5.91 Å². The van der Waals surface area contributed by atoms with Gasteiger partial charge in [0.25, 0.3) is 0 Å². The van der Waals surface area contributed by atoms with Crippen LogP contribution in [0.15, 0.2) is 48.5 Å². The molecular formula is C18H21NO3. The first-order valence-electron chi connectivity index (χ1n) is 7.37. The van der Waals surface area contributed by atoms with E-state index in [-0.39, 0.29) is 5.91 Å². The quantitative estimate of drug-likeness (QED) is 0.848. The minimum Gasteiger partial charge on any atom is -0.495 e. The monoisotopic (exact) mass is 299 g/mol. The lowest BCUT2D eigenvalue weighted by atomic mass is 10.1. The van der Waals surface area contributed by atoms with Crippen LogP contribution in [-0.2, 0) is 11.2 Å². The fourth-order valence-electron chi connectivity index (χ4n) is 2.14. The Bertz CT molecular complexity index is 608. The van der Waals surface area contributed by atoms with Gasteiger partial charge in [-0.2, -0.15) is 0 Å². The molecule has 0 aliphatic heterocycles. The van der Waals surface area contributed by atoms with E-state index >= 15 is 0 Å². The molecule has 2 aromatic carbocycles. The average Bonchev–Trinajstić information content (AvgIpc) is 2.55. The molecule has 2 aromatic rings. The van der Waals surface area contributed by atoms with E-state index in [0.717, 1.165) is 11.3 Å². The Morgan fingerprint density at radius 1 is 1.09 bits per heavy atom. The van der Waals surface area contributed by atoms with Crippen LogP contribution in [0, 0.1) is 0 Å². The highest BCUT2D eigenvalue weighted by atomic mass is 16.5. The fraction of sp³-hybridized carbons (Fsp3) is 0.278. The predicted octanol–water partition coefficient (Wildman–Crippen LogP) is 3.67. The summed E-state index contributed by atoms with van der Waals surface area (Å²) in [7, 11) is 1.59. The second-order valence-corrected chi connectivity index (χ2v) is 4.83. The molecule has 22 heavy (non-hydrogen) atoms. The standard InChI is InChI=1S/C18H21NO3/c1-3-22-15-11-8-14(9-12-15)10-13-18(20)19-16-6-4-5-7-17(16)21-2/h4-9,11-12H,3,10,13H2,1-2H3,(H,19,20). The molecule has 0 atom stereocenters. The molecule has 1 N–H and O–H groups in total. The normalized spacial score (nSPS) is 10.1. The van der Waals surface area contributed by atoms with Crippen LogP contribution in [0.25, 0.3) is 0 Å². The molecule has 1 amide bonds. The highest BCUT2D eigenvalue weighted by Gasteiger charge is 2.07. The van der Waals surface area contributed by atoms with Gasteiger partial charge in [-0.1, -0.05) is 24.3 Å². The highest BCUT2D eigenvalue weighted by Crippen LogP contribution is 2.23. The Morgan fingerprint density at radius 3 is 2.50 bits per heavy atom. The van der Waals surface area contributed by atoms with E-state index in [2.05, 4.69) is 5.32 Å². The maximum absolute atomic E-state index is 12.0. The van der Waals surface area contributed by atoms with Crippen molar-refractivity contribution in [3.05, 3.63) is 54.1 Å². The Morgan fingerprint density at radius 2 is 1.82 bits per heavy atom. The van der Waals surface area contributed by atoms with E-state index < -0.39 is 0 Å². The van der Waals surface area contributed by atoms with Crippen molar-refractivity contribution in [3.8, 4) is 11.5 Å². The van der Waals surface area contributed by atoms with Crippen molar-refractivity contribution in [1.82, 2.24) is 0 Å². The third-order valence-electron chi connectivity index (χ3n) is 3.26. The second kappa shape index (κ2) is 8.08. The summed E-state index contributed by atoms with van der Waals surface area (Å²) in [6.45, 7) is 2.61. The van der Waals surface area contributed by atoms with E-state index in [9.17, 15) is 4.79 Å². The van der Waals surface area contributed by atoms with Gasteiger partial charge in [-0.25, -0.2) is 0 Å². The summed E-state index contributed by atoms with van der Waals surface area (Å²) in [5.41, 5.74) is 1.81. The molecular weight excluding hydrogens is 278 g/mol. The van der Waals surface area contributed by atoms with Crippen LogP contribution < -0.4 is 14.8 Å². The SMILES string of the molecule is CCOc1ccc(CCC(=O)Nc2ccccc2OC)cc1. The number of para-hydroxylation sites is 2. The number of benzene rings is 2. The van der Waals surface area contributed by atoms with Gasteiger partial charge >= 0.3 is 0 Å². The largest absolute Gasteiger partial charge is 0.495 e. The Balaban J connectivity index is 1.87. The molecule has 0 bridgehead atoms. The number of methoxy groups -OCH3 is 1. The van der Waals surface area contributed by atoms with Crippen LogP contribution in [0.1, 0.15) is 18.9 Å². The number of aryl methyl sites for hydroxylation is 1. The molecule has 2 rings (SSSR count). The predicted molar refractivity (Wildman–Crippen MR) is 87.6 cm³/mol. The molecule has 0 aliphatic rings. The van der Waals surface area contributed by atoms with E-state index in [4.69, 9.17) is 9.47 Å². The van der Waals surface area contributed by atoms with E-state index in [0.29, 0.717) is 30.9 Å².